The van der Waals surface area contributed by atoms with Crippen LogP contribution in [0.15, 0.2) is 42.6 Å². The summed E-state index contributed by atoms with van der Waals surface area (Å²) in [6, 6.07) is 7.47. The van der Waals surface area contributed by atoms with Gasteiger partial charge in [0.2, 0.25) is 5.91 Å². The van der Waals surface area contributed by atoms with Crippen LogP contribution in [0.5, 0.6) is 0 Å². The van der Waals surface area contributed by atoms with Gasteiger partial charge in [0.1, 0.15) is 5.82 Å². The molecule has 0 atom stereocenters. The predicted molar refractivity (Wildman–Crippen MR) is 110 cm³/mol. The fourth-order valence-electron chi connectivity index (χ4n) is 3.21. The zero-order valence-corrected chi connectivity index (χ0v) is 17.4. The van der Waals surface area contributed by atoms with Crippen molar-refractivity contribution < 1.29 is 31.5 Å². The Bertz CT molecular complexity index is 999. The number of nitrogens with zero attached hydrogens (tertiary/aromatic N) is 2. The lowest BCUT2D eigenvalue weighted by molar-refractivity contribution is -0.137. The molecule has 178 valence electrons. The van der Waals surface area contributed by atoms with Crippen LogP contribution in [0, 0.1) is 0 Å². The van der Waals surface area contributed by atoms with E-state index in [1.54, 1.807) is 0 Å². The number of nitrogens with one attached hydrogen (secondary N) is 3. The number of carbonyl (C=O) groups is 2. The van der Waals surface area contributed by atoms with Gasteiger partial charge in [0.25, 0.3) is 11.8 Å². The average Bonchev–Trinajstić information content (AvgIpc) is 3.13. The molecule has 0 aliphatic carbocycles. The van der Waals surface area contributed by atoms with Crippen LogP contribution >= 0.6 is 0 Å². The van der Waals surface area contributed by atoms with E-state index in [2.05, 4.69) is 20.9 Å². The minimum absolute atomic E-state index is 0.00686. The van der Waals surface area contributed by atoms with Gasteiger partial charge in [-0.05, 0) is 30.3 Å². The Hall–Kier alpha value is -3.28. The largest absolute Gasteiger partial charge is 0.416 e. The van der Waals surface area contributed by atoms with Crippen LogP contribution in [0.4, 0.5) is 33.5 Å². The van der Waals surface area contributed by atoms with Gasteiger partial charge in [0.05, 0.1) is 24.2 Å². The van der Waals surface area contributed by atoms with Crippen LogP contribution in [0.25, 0.3) is 0 Å². The number of pyridine rings is 1. The lowest BCUT2D eigenvalue weighted by Gasteiger charge is -2.16. The number of halogens is 5. The first kappa shape index (κ1) is 24.4. The van der Waals surface area contributed by atoms with Crippen LogP contribution in [0.2, 0.25) is 0 Å². The van der Waals surface area contributed by atoms with Gasteiger partial charge in [-0.15, -0.1) is 0 Å². The Balaban J connectivity index is 1.50. The van der Waals surface area contributed by atoms with Crippen LogP contribution in [0.3, 0.4) is 0 Å². The molecule has 0 bridgehead atoms. The summed E-state index contributed by atoms with van der Waals surface area (Å²) in [5.74, 6) is -3.75. The summed E-state index contributed by atoms with van der Waals surface area (Å²) in [7, 11) is 0. The third-order valence-electron chi connectivity index (χ3n) is 4.89. The summed E-state index contributed by atoms with van der Waals surface area (Å²) in [6.45, 7) is -0.389. The highest BCUT2D eigenvalue weighted by Gasteiger charge is 2.39. The Morgan fingerprint density at radius 3 is 2.61 bits per heavy atom. The molecule has 1 saturated heterocycles. The molecule has 33 heavy (non-hydrogen) atoms. The molecule has 0 spiro atoms. The summed E-state index contributed by atoms with van der Waals surface area (Å²) < 4.78 is 65.1. The molecule has 0 unspecified atom stereocenters. The number of likely N-dealkylation sites (tertiary alicyclic amines) is 1. The maximum atomic E-state index is 13.2. The van der Waals surface area contributed by atoms with E-state index < -0.39 is 36.0 Å². The molecule has 1 aromatic carbocycles. The maximum Gasteiger partial charge on any atom is 0.416 e. The standard InChI is InChI=1S/C21H22F5N5O2/c22-20(23)6-10-31(13-20)17(32)12-27-8-9-29-19(33)16-5-2-7-28-18(16)30-15-4-1-3-14(11-15)21(24,25)26/h1-5,7,11,27H,6,8-10,12-13H2,(H,28,30)(H,29,33). The van der Waals surface area contributed by atoms with Crippen molar-refractivity contribution in [3.8, 4) is 0 Å². The number of alkyl halides is 5. The Labute approximate surface area is 186 Å². The second-order valence-electron chi connectivity index (χ2n) is 7.46. The molecule has 1 aromatic heterocycles. The van der Waals surface area contributed by atoms with Crippen molar-refractivity contribution in [2.24, 2.45) is 0 Å². The fourth-order valence-corrected chi connectivity index (χ4v) is 3.21. The molecule has 3 rings (SSSR count). The van der Waals surface area contributed by atoms with E-state index >= 15 is 0 Å². The van der Waals surface area contributed by atoms with E-state index in [1.165, 1.54) is 30.5 Å². The first-order valence-corrected chi connectivity index (χ1v) is 10.1. The summed E-state index contributed by atoms with van der Waals surface area (Å²) in [5.41, 5.74) is -0.608. The number of hydrogen-bond donors (Lipinski definition) is 3. The van der Waals surface area contributed by atoms with E-state index in [0.29, 0.717) is 0 Å². The van der Waals surface area contributed by atoms with E-state index in [1.807, 2.05) is 0 Å². The van der Waals surface area contributed by atoms with Crippen LogP contribution in [0.1, 0.15) is 22.3 Å². The number of carbonyl (C=O) groups excluding carboxylic acids is 2. The minimum atomic E-state index is -4.51. The molecule has 7 nitrogen and oxygen atoms in total. The second kappa shape index (κ2) is 10.1. The molecule has 1 aliphatic rings. The zero-order chi connectivity index (χ0) is 24.1. The highest BCUT2D eigenvalue weighted by atomic mass is 19.4. The van der Waals surface area contributed by atoms with Gasteiger partial charge in [-0.1, -0.05) is 6.07 Å². The van der Waals surface area contributed by atoms with E-state index in [9.17, 15) is 31.5 Å². The third kappa shape index (κ3) is 6.85. The fraction of sp³-hybridized carbons (Fsp3) is 0.381. The molecule has 2 amide bonds. The Morgan fingerprint density at radius 2 is 1.91 bits per heavy atom. The molecule has 12 heteroatoms. The van der Waals surface area contributed by atoms with Crippen molar-refractivity contribution in [3.63, 3.8) is 0 Å². The lowest BCUT2D eigenvalue weighted by atomic mass is 10.2. The van der Waals surface area contributed by atoms with Crippen molar-refractivity contribution in [1.29, 1.82) is 0 Å². The smallest absolute Gasteiger partial charge is 0.351 e. The maximum absolute atomic E-state index is 13.2. The number of hydrogen-bond acceptors (Lipinski definition) is 5. The van der Waals surface area contributed by atoms with Crippen molar-refractivity contribution in [2.75, 3.05) is 38.0 Å². The number of amides is 2. The van der Waals surface area contributed by atoms with Gasteiger partial charge in [-0.3, -0.25) is 9.59 Å². The summed E-state index contributed by atoms with van der Waals surface area (Å²) in [6.07, 6.45) is -3.47. The zero-order valence-electron chi connectivity index (χ0n) is 17.4. The van der Waals surface area contributed by atoms with Crippen LogP contribution in [-0.2, 0) is 11.0 Å². The Kier molecular flexibility index (Phi) is 7.46. The van der Waals surface area contributed by atoms with Gasteiger partial charge in [-0.2, -0.15) is 13.2 Å². The Morgan fingerprint density at radius 1 is 1.12 bits per heavy atom. The monoisotopic (exact) mass is 471 g/mol. The predicted octanol–water partition coefficient (Wildman–Crippen LogP) is 3.03. The quantitative estimate of drug-likeness (QED) is 0.407. The molecular weight excluding hydrogens is 449 g/mol. The molecule has 2 aromatic rings. The SMILES string of the molecule is O=C(NCCNCC(=O)N1CCC(F)(F)C1)c1cccnc1Nc1cccc(C(F)(F)F)c1. The minimum Gasteiger partial charge on any atom is -0.351 e. The number of aromatic nitrogens is 1. The number of anilines is 2. The van der Waals surface area contributed by atoms with Gasteiger partial charge < -0.3 is 20.9 Å². The van der Waals surface area contributed by atoms with Gasteiger partial charge in [0, 0.05) is 37.9 Å². The molecule has 2 heterocycles. The highest BCUT2D eigenvalue weighted by Crippen LogP contribution is 2.31. The van der Waals surface area contributed by atoms with Gasteiger partial charge >= 0.3 is 6.18 Å². The molecule has 0 radical (unpaired) electrons. The summed E-state index contributed by atoms with van der Waals surface area (Å²) in [4.78, 5) is 29.5. The van der Waals surface area contributed by atoms with Crippen molar-refractivity contribution in [3.05, 3.63) is 53.7 Å². The van der Waals surface area contributed by atoms with E-state index in [-0.39, 0.29) is 49.7 Å². The molecule has 3 N–H and O–H groups in total. The molecule has 0 saturated carbocycles. The second-order valence-corrected chi connectivity index (χ2v) is 7.46. The molecular formula is C21H22F5N5O2. The summed E-state index contributed by atoms with van der Waals surface area (Å²) >= 11 is 0. The van der Waals surface area contributed by atoms with Crippen molar-refractivity contribution >= 4 is 23.3 Å². The normalized spacial score (nSPS) is 15.4. The van der Waals surface area contributed by atoms with Crippen LogP contribution in [-0.4, -0.2) is 60.3 Å². The molecule has 1 aliphatic heterocycles. The molecule has 1 fully saturated rings. The van der Waals surface area contributed by atoms with Gasteiger partial charge in [-0.25, -0.2) is 13.8 Å². The topological polar surface area (TPSA) is 86.4 Å². The lowest BCUT2D eigenvalue weighted by Crippen LogP contribution is -2.40. The van der Waals surface area contributed by atoms with Crippen LogP contribution < -0.4 is 16.0 Å². The third-order valence-corrected chi connectivity index (χ3v) is 4.89. The van der Waals surface area contributed by atoms with Crippen molar-refractivity contribution in [2.45, 2.75) is 18.5 Å². The first-order valence-electron chi connectivity index (χ1n) is 10.1. The van der Waals surface area contributed by atoms with Gasteiger partial charge in [0.15, 0.2) is 0 Å². The van der Waals surface area contributed by atoms with E-state index in [4.69, 9.17) is 0 Å². The summed E-state index contributed by atoms with van der Waals surface area (Å²) in [5, 5.41) is 8.11. The highest BCUT2D eigenvalue weighted by molar-refractivity contribution is 5.99. The first-order chi connectivity index (χ1) is 15.5. The number of benzene rings is 1. The van der Waals surface area contributed by atoms with Crippen molar-refractivity contribution in [1.82, 2.24) is 20.5 Å². The number of rotatable bonds is 8. The average molecular weight is 471 g/mol. The van der Waals surface area contributed by atoms with E-state index in [0.717, 1.165) is 17.0 Å².